The second kappa shape index (κ2) is 8.78. The second-order valence-corrected chi connectivity index (χ2v) is 6.97. The van der Waals surface area contributed by atoms with E-state index in [9.17, 15) is 10.1 Å². The van der Waals surface area contributed by atoms with E-state index in [4.69, 9.17) is 0 Å². The molecule has 0 radical (unpaired) electrons. The van der Waals surface area contributed by atoms with Crippen LogP contribution in [0.3, 0.4) is 0 Å². The third kappa shape index (κ3) is 4.40. The van der Waals surface area contributed by atoms with Gasteiger partial charge in [0.05, 0.1) is 10.3 Å². The van der Waals surface area contributed by atoms with Crippen LogP contribution < -0.4 is 10.2 Å². The molecule has 1 fully saturated rings. The van der Waals surface area contributed by atoms with Crippen molar-refractivity contribution < 1.29 is 4.92 Å². The lowest BCUT2D eigenvalue weighted by atomic mass is 10.1. The van der Waals surface area contributed by atoms with Gasteiger partial charge in [-0.2, -0.15) is 0 Å². The number of anilines is 2. The fourth-order valence-electron chi connectivity index (χ4n) is 3.64. The summed E-state index contributed by atoms with van der Waals surface area (Å²) in [6, 6.07) is 6.96. The van der Waals surface area contributed by atoms with Gasteiger partial charge in [-0.1, -0.05) is 0 Å². The molecule has 150 valence electrons. The number of piperazine rings is 1. The molecule has 29 heavy (non-hydrogen) atoms. The van der Waals surface area contributed by atoms with Crippen LogP contribution in [-0.2, 0) is 0 Å². The molecule has 4 rings (SSSR count). The third-order valence-corrected chi connectivity index (χ3v) is 5.17. The summed E-state index contributed by atoms with van der Waals surface area (Å²) in [7, 11) is 0. The van der Waals surface area contributed by atoms with Crippen molar-refractivity contribution in [2.24, 2.45) is 0 Å². The molecule has 1 saturated heterocycles. The molecular formula is C20H23N7O2. The maximum Gasteiger partial charge on any atom is 0.278 e. The van der Waals surface area contributed by atoms with Crippen molar-refractivity contribution in [1.82, 2.24) is 19.9 Å². The van der Waals surface area contributed by atoms with Crippen molar-refractivity contribution >= 4 is 28.1 Å². The number of pyridine rings is 1. The molecule has 1 aliphatic heterocycles. The van der Waals surface area contributed by atoms with Crippen LogP contribution in [0.5, 0.6) is 0 Å². The number of nitro benzene ring substituents is 1. The van der Waals surface area contributed by atoms with E-state index in [2.05, 4.69) is 30.1 Å². The molecule has 0 bridgehead atoms. The summed E-state index contributed by atoms with van der Waals surface area (Å²) in [5.74, 6) is 0.799. The van der Waals surface area contributed by atoms with Crippen molar-refractivity contribution in [2.75, 3.05) is 49.5 Å². The van der Waals surface area contributed by atoms with Crippen LogP contribution in [0.2, 0.25) is 0 Å². The van der Waals surface area contributed by atoms with Crippen LogP contribution in [-0.4, -0.2) is 64.0 Å². The van der Waals surface area contributed by atoms with Gasteiger partial charge in [0.25, 0.3) is 5.69 Å². The molecule has 9 nitrogen and oxygen atoms in total. The van der Waals surface area contributed by atoms with Gasteiger partial charge in [0.1, 0.15) is 0 Å². The fourth-order valence-corrected chi connectivity index (χ4v) is 3.64. The average molecular weight is 393 g/mol. The minimum atomic E-state index is -0.367. The quantitative estimate of drug-likeness (QED) is 0.371. The Kier molecular flexibility index (Phi) is 5.76. The molecular weight excluding hydrogens is 370 g/mol. The molecule has 0 unspecified atom stereocenters. The number of nitrogens with zero attached hydrogens (tertiary/aromatic N) is 6. The van der Waals surface area contributed by atoms with Gasteiger partial charge in [0.15, 0.2) is 0 Å². The number of rotatable bonds is 7. The first-order valence-electron chi connectivity index (χ1n) is 9.72. The predicted molar refractivity (Wildman–Crippen MR) is 112 cm³/mol. The van der Waals surface area contributed by atoms with Gasteiger partial charge >= 0.3 is 0 Å². The van der Waals surface area contributed by atoms with Gasteiger partial charge in [-0.05, 0) is 31.2 Å². The van der Waals surface area contributed by atoms with Crippen LogP contribution in [0, 0.1) is 10.1 Å². The zero-order valence-corrected chi connectivity index (χ0v) is 16.1. The fraction of sp³-hybridized carbons (Fsp3) is 0.350. The van der Waals surface area contributed by atoms with Gasteiger partial charge in [-0.15, -0.1) is 0 Å². The predicted octanol–water partition coefficient (Wildman–Crippen LogP) is 2.56. The molecule has 3 aromatic rings. The van der Waals surface area contributed by atoms with Gasteiger partial charge < -0.3 is 10.2 Å². The number of benzene rings is 1. The summed E-state index contributed by atoms with van der Waals surface area (Å²) in [6.45, 7) is 5.64. The SMILES string of the molecule is O=[N+]([O-])c1ccc(NCCCN2CCN(c3ncccn3)CC2)c2ccncc12. The summed E-state index contributed by atoms with van der Waals surface area (Å²) >= 11 is 0. The Morgan fingerprint density at radius 3 is 2.59 bits per heavy atom. The molecule has 2 aromatic heterocycles. The molecule has 0 amide bonds. The van der Waals surface area contributed by atoms with E-state index in [1.165, 1.54) is 6.07 Å². The molecule has 0 saturated carbocycles. The number of fused-ring (bicyclic) bond motifs is 1. The Bertz CT molecular complexity index is 975. The van der Waals surface area contributed by atoms with Gasteiger partial charge in [0, 0.05) is 74.7 Å². The summed E-state index contributed by atoms with van der Waals surface area (Å²) in [5.41, 5.74) is 0.984. The molecule has 1 aliphatic rings. The summed E-state index contributed by atoms with van der Waals surface area (Å²) in [4.78, 5) is 28.2. The van der Waals surface area contributed by atoms with E-state index in [1.54, 1.807) is 30.9 Å². The normalized spacial score (nSPS) is 14.8. The number of aromatic nitrogens is 3. The number of non-ortho nitro benzene ring substituents is 1. The summed E-state index contributed by atoms with van der Waals surface area (Å²) in [5, 5.41) is 16.0. The summed E-state index contributed by atoms with van der Waals surface area (Å²) < 4.78 is 0. The Morgan fingerprint density at radius 1 is 1.03 bits per heavy atom. The van der Waals surface area contributed by atoms with Crippen LogP contribution in [0.4, 0.5) is 17.3 Å². The van der Waals surface area contributed by atoms with Crippen molar-refractivity contribution in [3.8, 4) is 0 Å². The highest BCUT2D eigenvalue weighted by atomic mass is 16.6. The second-order valence-electron chi connectivity index (χ2n) is 6.97. The number of nitro groups is 1. The molecule has 9 heteroatoms. The molecule has 1 N–H and O–H groups in total. The Hall–Kier alpha value is -3.33. The smallest absolute Gasteiger partial charge is 0.278 e. The lowest BCUT2D eigenvalue weighted by molar-refractivity contribution is -0.383. The minimum absolute atomic E-state index is 0.0823. The third-order valence-electron chi connectivity index (χ3n) is 5.17. The van der Waals surface area contributed by atoms with Gasteiger partial charge in [-0.3, -0.25) is 20.0 Å². The van der Waals surface area contributed by atoms with Gasteiger partial charge in [0.2, 0.25) is 5.95 Å². The maximum atomic E-state index is 11.2. The molecule has 3 heterocycles. The number of nitrogens with one attached hydrogen (secondary N) is 1. The van der Waals surface area contributed by atoms with Crippen LogP contribution >= 0.6 is 0 Å². The first-order valence-corrected chi connectivity index (χ1v) is 9.72. The molecule has 1 aromatic carbocycles. The maximum absolute atomic E-state index is 11.2. The molecule has 0 atom stereocenters. The van der Waals surface area contributed by atoms with Crippen LogP contribution in [0.1, 0.15) is 6.42 Å². The first-order chi connectivity index (χ1) is 14.2. The Balaban J connectivity index is 1.27. The van der Waals surface area contributed by atoms with E-state index in [1.807, 2.05) is 12.1 Å². The first kappa shape index (κ1) is 19.0. The van der Waals surface area contributed by atoms with Crippen molar-refractivity contribution in [2.45, 2.75) is 6.42 Å². The molecule has 0 aliphatic carbocycles. The van der Waals surface area contributed by atoms with E-state index in [0.29, 0.717) is 5.39 Å². The zero-order valence-electron chi connectivity index (χ0n) is 16.1. The van der Waals surface area contributed by atoms with E-state index in [-0.39, 0.29) is 10.6 Å². The number of hydrogen-bond acceptors (Lipinski definition) is 8. The minimum Gasteiger partial charge on any atom is -0.384 e. The largest absolute Gasteiger partial charge is 0.384 e. The lowest BCUT2D eigenvalue weighted by Gasteiger charge is -2.34. The highest BCUT2D eigenvalue weighted by Gasteiger charge is 2.18. The van der Waals surface area contributed by atoms with Crippen molar-refractivity contribution in [1.29, 1.82) is 0 Å². The topological polar surface area (TPSA) is 100 Å². The van der Waals surface area contributed by atoms with Crippen LogP contribution in [0.25, 0.3) is 10.8 Å². The molecule has 0 spiro atoms. The van der Waals surface area contributed by atoms with E-state index < -0.39 is 0 Å². The monoisotopic (exact) mass is 393 g/mol. The van der Waals surface area contributed by atoms with Crippen molar-refractivity contribution in [3.63, 3.8) is 0 Å². The van der Waals surface area contributed by atoms with E-state index in [0.717, 1.165) is 62.7 Å². The average Bonchev–Trinajstić information content (AvgIpc) is 2.77. The highest BCUT2D eigenvalue weighted by molar-refractivity contribution is 5.99. The number of hydrogen-bond donors (Lipinski definition) is 1. The van der Waals surface area contributed by atoms with Crippen LogP contribution in [0.15, 0.2) is 49.1 Å². The Morgan fingerprint density at radius 2 is 1.83 bits per heavy atom. The zero-order chi connectivity index (χ0) is 20.1. The van der Waals surface area contributed by atoms with E-state index >= 15 is 0 Å². The van der Waals surface area contributed by atoms with Gasteiger partial charge in [-0.25, -0.2) is 9.97 Å². The Labute approximate surface area is 168 Å². The highest BCUT2D eigenvalue weighted by Crippen LogP contribution is 2.30. The van der Waals surface area contributed by atoms with Crippen molar-refractivity contribution in [3.05, 3.63) is 59.2 Å². The lowest BCUT2D eigenvalue weighted by Crippen LogP contribution is -2.47. The standard InChI is InChI=1S/C20H23N7O2/c28-27(29)19-4-3-18(16-5-9-21-15-17(16)19)22-8-2-10-25-11-13-26(14-12-25)20-23-6-1-7-24-20/h1,3-7,9,15,22H,2,8,10-14H2. The summed E-state index contributed by atoms with van der Waals surface area (Å²) in [6.07, 6.45) is 7.75.